The lowest BCUT2D eigenvalue weighted by molar-refractivity contribution is -0.121. The third kappa shape index (κ3) is 4.92. The minimum atomic E-state index is -0.254. The van der Waals surface area contributed by atoms with E-state index in [1.54, 1.807) is 25.7 Å². The van der Waals surface area contributed by atoms with Crippen LogP contribution in [-0.2, 0) is 11.3 Å². The van der Waals surface area contributed by atoms with Crippen molar-refractivity contribution in [2.75, 3.05) is 7.11 Å². The van der Waals surface area contributed by atoms with Gasteiger partial charge in [-0.25, -0.2) is 4.98 Å². The predicted molar refractivity (Wildman–Crippen MR) is 111 cm³/mol. The van der Waals surface area contributed by atoms with Crippen LogP contribution in [-0.4, -0.2) is 32.8 Å². The van der Waals surface area contributed by atoms with Crippen LogP contribution in [0.2, 0.25) is 0 Å². The lowest BCUT2D eigenvalue weighted by atomic mass is 10.1. The van der Waals surface area contributed by atoms with Crippen molar-refractivity contribution in [1.82, 2.24) is 19.9 Å². The first kappa shape index (κ1) is 19.9. The first-order chi connectivity index (χ1) is 13.6. The van der Waals surface area contributed by atoms with E-state index in [1.807, 2.05) is 61.0 Å². The number of hydrogen-bond donors (Lipinski definition) is 1. The molecule has 0 saturated carbocycles. The number of benzene rings is 1. The van der Waals surface area contributed by atoms with Gasteiger partial charge in [0.2, 0.25) is 5.91 Å². The van der Waals surface area contributed by atoms with E-state index in [9.17, 15) is 4.79 Å². The molecule has 1 unspecified atom stereocenters. The molecule has 6 nitrogen and oxygen atoms in total. The third-order valence-corrected chi connectivity index (χ3v) is 5.77. The van der Waals surface area contributed by atoms with Crippen LogP contribution >= 0.6 is 11.8 Å². The number of rotatable bonds is 8. The highest BCUT2D eigenvalue weighted by molar-refractivity contribution is 8.00. The van der Waals surface area contributed by atoms with Crippen molar-refractivity contribution in [3.8, 4) is 11.4 Å². The van der Waals surface area contributed by atoms with E-state index in [2.05, 4.69) is 15.3 Å². The number of amides is 1. The molecule has 0 spiro atoms. The van der Waals surface area contributed by atoms with Crippen molar-refractivity contribution in [2.24, 2.45) is 5.92 Å². The number of thioether (sulfide) groups is 1. The molecule has 0 radical (unpaired) electrons. The summed E-state index contributed by atoms with van der Waals surface area (Å²) in [5, 5.41) is 3.54. The molecule has 3 aromatic rings. The van der Waals surface area contributed by atoms with Gasteiger partial charge in [-0.3, -0.25) is 14.3 Å². The Kier molecular flexibility index (Phi) is 6.71. The smallest absolute Gasteiger partial charge is 0.234 e. The molecule has 2 heterocycles. The SMILES string of the molecule is COc1ccc(-n2ccnc2SC(C(=O)NCc2cccnc2)C(C)C)cc1. The van der Waals surface area contributed by atoms with Gasteiger partial charge in [-0.2, -0.15) is 0 Å². The van der Waals surface area contributed by atoms with Crippen LogP contribution < -0.4 is 10.1 Å². The number of carbonyl (C=O) groups excluding carboxylic acids is 1. The molecular weight excluding hydrogens is 372 g/mol. The first-order valence-corrected chi connectivity index (χ1v) is 9.97. The summed E-state index contributed by atoms with van der Waals surface area (Å²) < 4.78 is 7.20. The zero-order valence-corrected chi connectivity index (χ0v) is 17.0. The Morgan fingerprint density at radius 1 is 1.21 bits per heavy atom. The summed E-state index contributed by atoms with van der Waals surface area (Å²) in [5.41, 5.74) is 1.95. The second kappa shape index (κ2) is 9.41. The van der Waals surface area contributed by atoms with E-state index in [-0.39, 0.29) is 17.1 Å². The van der Waals surface area contributed by atoms with Gasteiger partial charge in [0.15, 0.2) is 5.16 Å². The highest BCUT2D eigenvalue weighted by Gasteiger charge is 2.25. The average Bonchev–Trinajstić information content (AvgIpc) is 3.19. The summed E-state index contributed by atoms with van der Waals surface area (Å²) in [4.78, 5) is 21.4. The molecule has 1 atom stereocenters. The first-order valence-electron chi connectivity index (χ1n) is 9.09. The molecule has 0 aliphatic heterocycles. The van der Waals surface area contributed by atoms with Crippen LogP contribution in [0.25, 0.3) is 5.69 Å². The lowest BCUT2D eigenvalue weighted by Gasteiger charge is -2.20. The van der Waals surface area contributed by atoms with E-state index < -0.39 is 0 Å². The maximum atomic E-state index is 12.8. The molecule has 0 aliphatic rings. The molecule has 0 aliphatic carbocycles. The van der Waals surface area contributed by atoms with Gasteiger partial charge in [-0.1, -0.05) is 31.7 Å². The molecule has 7 heteroatoms. The van der Waals surface area contributed by atoms with E-state index in [0.717, 1.165) is 22.2 Å². The zero-order chi connectivity index (χ0) is 19.9. The summed E-state index contributed by atoms with van der Waals surface area (Å²) in [5.74, 6) is 0.945. The Labute approximate surface area is 169 Å². The number of nitrogens with one attached hydrogen (secondary N) is 1. The Hall–Kier alpha value is -2.80. The van der Waals surface area contributed by atoms with Gasteiger partial charge >= 0.3 is 0 Å². The Bertz CT molecular complexity index is 894. The lowest BCUT2D eigenvalue weighted by Crippen LogP contribution is -2.35. The minimum absolute atomic E-state index is 0.00636. The number of hydrogen-bond acceptors (Lipinski definition) is 5. The van der Waals surface area contributed by atoms with Crippen molar-refractivity contribution in [1.29, 1.82) is 0 Å². The molecule has 146 valence electrons. The topological polar surface area (TPSA) is 69.0 Å². The van der Waals surface area contributed by atoms with Crippen LogP contribution in [0, 0.1) is 5.92 Å². The van der Waals surface area contributed by atoms with Gasteiger partial charge in [0.1, 0.15) is 5.75 Å². The van der Waals surface area contributed by atoms with Gasteiger partial charge in [0.25, 0.3) is 0 Å². The molecule has 3 rings (SSSR count). The number of imidazole rings is 1. The van der Waals surface area contributed by atoms with E-state index >= 15 is 0 Å². The fourth-order valence-electron chi connectivity index (χ4n) is 2.71. The van der Waals surface area contributed by atoms with Crippen LogP contribution in [0.4, 0.5) is 0 Å². The third-order valence-electron chi connectivity index (χ3n) is 4.24. The van der Waals surface area contributed by atoms with Crippen molar-refractivity contribution in [2.45, 2.75) is 30.8 Å². The van der Waals surface area contributed by atoms with Gasteiger partial charge in [0.05, 0.1) is 12.4 Å². The van der Waals surface area contributed by atoms with Crippen LogP contribution in [0.1, 0.15) is 19.4 Å². The van der Waals surface area contributed by atoms with Gasteiger partial charge in [-0.05, 0) is 41.8 Å². The molecule has 1 aromatic carbocycles. The summed E-state index contributed by atoms with van der Waals surface area (Å²) in [6.45, 7) is 4.55. The summed E-state index contributed by atoms with van der Waals surface area (Å²) in [7, 11) is 1.64. The van der Waals surface area contributed by atoms with Crippen molar-refractivity contribution in [3.63, 3.8) is 0 Å². The number of nitrogens with zero attached hydrogens (tertiary/aromatic N) is 3. The zero-order valence-electron chi connectivity index (χ0n) is 16.2. The molecule has 1 N–H and O–H groups in total. The number of carbonyl (C=O) groups is 1. The van der Waals surface area contributed by atoms with Crippen LogP contribution in [0.15, 0.2) is 66.3 Å². The summed E-state index contributed by atoms with van der Waals surface area (Å²) in [6.07, 6.45) is 7.12. The number of ether oxygens (including phenoxy) is 1. The Balaban J connectivity index is 1.72. The summed E-state index contributed by atoms with van der Waals surface area (Å²) in [6, 6.07) is 11.6. The standard InChI is InChI=1S/C21H24N4O2S/c1-15(2)19(20(26)24-14-16-5-4-10-22-13-16)28-21-23-11-12-25(21)17-6-8-18(27-3)9-7-17/h4-13,15,19H,14H2,1-3H3,(H,24,26). The number of pyridine rings is 1. The molecule has 28 heavy (non-hydrogen) atoms. The van der Waals surface area contributed by atoms with E-state index in [1.165, 1.54) is 11.8 Å². The largest absolute Gasteiger partial charge is 0.497 e. The molecule has 0 bridgehead atoms. The average molecular weight is 397 g/mol. The van der Waals surface area contributed by atoms with Crippen LogP contribution in [0.3, 0.4) is 0 Å². The van der Waals surface area contributed by atoms with Crippen molar-refractivity contribution in [3.05, 3.63) is 66.7 Å². The Morgan fingerprint density at radius 2 is 2.00 bits per heavy atom. The molecule has 0 saturated heterocycles. The predicted octanol–water partition coefficient (Wildman–Crippen LogP) is 3.71. The number of methoxy groups -OCH3 is 1. The molecule has 0 fully saturated rings. The molecular formula is C21H24N4O2S. The monoisotopic (exact) mass is 396 g/mol. The minimum Gasteiger partial charge on any atom is -0.497 e. The molecule has 1 amide bonds. The normalized spacial score (nSPS) is 12.0. The fourth-order valence-corrected chi connectivity index (χ4v) is 3.81. The van der Waals surface area contributed by atoms with Crippen molar-refractivity contribution < 1.29 is 9.53 Å². The van der Waals surface area contributed by atoms with Crippen LogP contribution in [0.5, 0.6) is 5.75 Å². The van der Waals surface area contributed by atoms with Gasteiger partial charge in [-0.15, -0.1) is 0 Å². The highest BCUT2D eigenvalue weighted by atomic mass is 32.2. The number of aromatic nitrogens is 3. The van der Waals surface area contributed by atoms with Crippen molar-refractivity contribution >= 4 is 17.7 Å². The second-order valence-electron chi connectivity index (χ2n) is 6.64. The summed E-state index contributed by atoms with van der Waals surface area (Å²) >= 11 is 1.47. The van der Waals surface area contributed by atoms with Gasteiger partial charge < -0.3 is 10.1 Å². The second-order valence-corrected chi connectivity index (χ2v) is 7.75. The maximum Gasteiger partial charge on any atom is 0.234 e. The molecule has 2 aromatic heterocycles. The van der Waals surface area contributed by atoms with E-state index in [4.69, 9.17) is 4.74 Å². The fraction of sp³-hybridized carbons (Fsp3) is 0.286. The van der Waals surface area contributed by atoms with E-state index in [0.29, 0.717) is 6.54 Å². The highest BCUT2D eigenvalue weighted by Crippen LogP contribution is 2.29. The Morgan fingerprint density at radius 3 is 2.64 bits per heavy atom. The van der Waals surface area contributed by atoms with Gasteiger partial charge in [0, 0.05) is 37.0 Å². The quantitative estimate of drug-likeness (QED) is 0.588. The maximum absolute atomic E-state index is 12.8.